The number of esters is 3. The molecule has 0 saturated heterocycles. The summed E-state index contributed by atoms with van der Waals surface area (Å²) in [6, 6.07) is 0. The van der Waals surface area contributed by atoms with Gasteiger partial charge in [-0.15, -0.1) is 0 Å². The van der Waals surface area contributed by atoms with E-state index in [4.69, 9.17) is 14.2 Å². The van der Waals surface area contributed by atoms with Gasteiger partial charge >= 0.3 is 17.9 Å². The number of allylic oxidation sites excluding steroid dienone is 10. The fourth-order valence-corrected chi connectivity index (χ4v) is 7.74. The number of ether oxygens (including phenoxy) is 3. The van der Waals surface area contributed by atoms with Crippen molar-refractivity contribution in [3.05, 3.63) is 60.8 Å². The smallest absolute Gasteiger partial charge is 0.306 e. The van der Waals surface area contributed by atoms with Crippen molar-refractivity contribution in [3.8, 4) is 0 Å². The van der Waals surface area contributed by atoms with Gasteiger partial charge in [0.15, 0.2) is 6.10 Å². The topological polar surface area (TPSA) is 78.9 Å². The van der Waals surface area contributed by atoms with Gasteiger partial charge in [0, 0.05) is 19.3 Å². The molecule has 0 fully saturated rings. The molecule has 0 aliphatic heterocycles. The zero-order chi connectivity index (χ0) is 47.2. The predicted molar refractivity (Wildman–Crippen MR) is 279 cm³/mol. The molecule has 0 radical (unpaired) electrons. The van der Waals surface area contributed by atoms with E-state index in [0.29, 0.717) is 19.3 Å². The molecule has 6 heteroatoms. The molecule has 0 aromatic carbocycles. The molecule has 0 amide bonds. The fourth-order valence-electron chi connectivity index (χ4n) is 7.74. The first-order chi connectivity index (χ1) is 32.0. The normalized spacial score (nSPS) is 12.5. The Morgan fingerprint density at radius 2 is 0.585 bits per heavy atom. The molecule has 0 rings (SSSR count). The van der Waals surface area contributed by atoms with Crippen molar-refractivity contribution >= 4 is 17.9 Å². The van der Waals surface area contributed by atoms with Crippen molar-refractivity contribution < 1.29 is 28.6 Å². The summed E-state index contributed by atoms with van der Waals surface area (Å²) < 4.78 is 16.8. The van der Waals surface area contributed by atoms with Crippen molar-refractivity contribution in [1.29, 1.82) is 0 Å². The van der Waals surface area contributed by atoms with Crippen LogP contribution in [0.5, 0.6) is 0 Å². The molecule has 0 aliphatic rings. The largest absolute Gasteiger partial charge is 0.462 e. The highest BCUT2D eigenvalue weighted by Crippen LogP contribution is 2.15. The Kier molecular flexibility index (Phi) is 51.3. The third kappa shape index (κ3) is 51.9. The zero-order valence-corrected chi connectivity index (χ0v) is 43.0. The molecule has 0 heterocycles. The first-order valence-electron chi connectivity index (χ1n) is 27.8. The van der Waals surface area contributed by atoms with E-state index in [1.165, 1.54) is 135 Å². The first kappa shape index (κ1) is 62.1. The molecule has 0 saturated carbocycles. The number of carbonyl (C=O) groups is 3. The van der Waals surface area contributed by atoms with Gasteiger partial charge in [-0.3, -0.25) is 14.4 Å². The van der Waals surface area contributed by atoms with Crippen LogP contribution in [-0.4, -0.2) is 37.2 Å². The van der Waals surface area contributed by atoms with Crippen LogP contribution in [0.2, 0.25) is 0 Å². The minimum Gasteiger partial charge on any atom is -0.462 e. The van der Waals surface area contributed by atoms with Gasteiger partial charge in [0.25, 0.3) is 0 Å². The van der Waals surface area contributed by atoms with Gasteiger partial charge in [-0.2, -0.15) is 0 Å². The molecular formula is C59H104O6. The Labute approximate surface area is 402 Å². The van der Waals surface area contributed by atoms with Crippen molar-refractivity contribution in [2.45, 2.75) is 284 Å². The number of hydrogen-bond acceptors (Lipinski definition) is 6. The van der Waals surface area contributed by atoms with Crippen LogP contribution in [0.25, 0.3) is 0 Å². The van der Waals surface area contributed by atoms with Gasteiger partial charge in [0.1, 0.15) is 13.2 Å². The van der Waals surface area contributed by atoms with Gasteiger partial charge in [-0.05, 0) is 103 Å². The Morgan fingerprint density at radius 3 is 0.938 bits per heavy atom. The maximum Gasteiger partial charge on any atom is 0.306 e. The zero-order valence-electron chi connectivity index (χ0n) is 43.0. The highest BCUT2D eigenvalue weighted by molar-refractivity contribution is 5.71. The predicted octanol–water partition coefficient (Wildman–Crippen LogP) is 18.4. The van der Waals surface area contributed by atoms with Crippen molar-refractivity contribution in [2.75, 3.05) is 13.2 Å². The van der Waals surface area contributed by atoms with Crippen LogP contribution in [0.3, 0.4) is 0 Å². The Morgan fingerprint density at radius 1 is 0.308 bits per heavy atom. The van der Waals surface area contributed by atoms with E-state index in [9.17, 15) is 14.4 Å². The van der Waals surface area contributed by atoms with Crippen LogP contribution >= 0.6 is 0 Å². The molecule has 6 nitrogen and oxygen atoms in total. The van der Waals surface area contributed by atoms with Crippen molar-refractivity contribution in [2.24, 2.45) is 0 Å². The van der Waals surface area contributed by atoms with Crippen molar-refractivity contribution in [3.63, 3.8) is 0 Å². The van der Waals surface area contributed by atoms with Gasteiger partial charge in [-0.1, -0.05) is 216 Å². The van der Waals surface area contributed by atoms with Crippen molar-refractivity contribution in [1.82, 2.24) is 0 Å². The number of rotatable bonds is 50. The lowest BCUT2D eigenvalue weighted by atomic mass is 10.1. The van der Waals surface area contributed by atoms with Gasteiger partial charge in [-0.25, -0.2) is 0 Å². The van der Waals surface area contributed by atoms with Crippen LogP contribution < -0.4 is 0 Å². The SMILES string of the molecule is CCC/C=C\CCCCCCCC(=O)OCC(COC(=O)CCCCCCCCCC/C=C\C/C=C\C/C=C\CCCCCCC)OC(=O)CCCCCCC/C=C\CCCCCCC. The molecule has 0 aromatic heterocycles. The van der Waals surface area contributed by atoms with Crippen LogP contribution in [0, 0.1) is 0 Å². The van der Waals surface area contributed by atoms with Crippen LogP contribution in [0.4, 0.5) is 0 Å². The molecule has 0 N–H and O–H groups in total. The Bertz CT molecular complexity index is 1180. The first-order valence-corrected chi connectivity index (χ1v) is 27.8. The summed E-state index contributed by atoms with van der Waals surface area (Å²) in [4.78, 5) is 38.0. The minimum absolute atomic E-state index is 0.0837. The van der Waals surface area contributed by atoms with Crippen LogP contribution in [0.1, 0.15) is 278 Å². The molecular weight excluding hydrogens is 805 g/mol. The lowest BCUT2D eigenvalue weighted by Gasteiger charge is -2.18. The summed E-state index contributed by atoms with van der Waals surface area (Å²) in [5, 5.41) is 0. The summed E-state index contributed by atoms with van der Waals surface area (Å²) in [7, 11) is 0. The van der Waals surface area contributed by atoms with E-state index in [1.54, 1.807) is 0 Å². The second kappa shape index (κ2) is 53.7. The third-order valence-electron chi connectivity index (χ3n) is 11.9. The Hall–Kier alpha value is -2.89. The van der Waals surface area contributed by atoms with E-state index in [0.717, 1.165) is 103 Å². The van der Waals surface area contributed by atoms with E-state index >= 15 is 0 Å². The maximum absolute atomic E-state index is 12.8. The second-order valence-corrected chi connectivity index (χ2v) is 18.5. The number of hydrogen-bond donors (Lipinski definition) is 0. The molecule has 65 heavy (non-hydrogen) atoms. The van der Waals surface area contributed by atoms with Gasteiger partial charge in [0.05, 0.1) is 0 Å². The van der Waals surface area contributed by atoms with Gasteiger partial charge < -0.3 is 14.2 Å². The third-order valence-corrected chi connectivity index (χ3v) is 11.9. The highest BCUT2D eigenvalue weighted by atomic mass is 16.6. The van der Waals surface area contributed by atoms with E-state index in [2.05, 4.69) is 81.5 Å². The molecule has 1 atom stereocenters. The highest BCUT2D eigenvalue weighted by Gasteiger charge is 2.19. The standard InChI is InChI=1S/C59H104O6/c1-4-7-10-13-16-19-22-24-26-27-28-29-30-31-32-33-34-36-37-40-43-46-49-52-58(61)64-55-56(54-63-57(60)51-48-45-42-39-21-18-15-12-9-6-3)65-59(62)53-50-47-44-41-38-35-25-23-20-17-14-11-8-5-2/h12,15,22-25,27-28,30-31,56H,4-11,13-14,16-21,26,29,32-55H2,1-3H3/b15-12-,24-22-,25-23-,28-27-,31-30-. The molecule has 1 unspecified atom stereocenters. The van der Waals surface area contributed by atoms with E-state index in [1.807, 2.05) is 0 Å². The molecule has 0 spiro atoms. The number of carbonyl (C=O) groups excluding carboxylic acids is 3. The molecule has 0 bridgehead atoms. The fraction of sp³-hybridized carbons (Fsp3) is 0.780. The summed E-state index contributed by atoms with van der Waals surface area (Å²) in [5.41, 5.74) is 0. The summed E-state index contributed by atoms with van der Waals surface area (Å²) in [5.74, 6) is -0.904. The average Bonchev–Trinajstić information content (AvgIpc) is 3.30. The quantitative estimate of drug-likeness (QED) is 0.0262. The number of unbranched alkanes of at least 4 members (excludes halogenated alkanes) is 29. The summed E-state index contributed by atoms with van der Waals surface area (Å²) >= 11 is 0. The monoisotopic (exact) mass is 909 g/mol. The minimum atomic E-state index is -0.783. The summed E-state index contributed by atoms with van der Waals surface area (Å²) in [6.45, 7) is 6.55. The van der Waals surface area contributed by atoms with Gasteiger partial charge in [0.2, 0.25) is 0 Å². The van der Waals surface area contributed by atoms with Crippen LogP contribution in [-0.2, 0) is 28.6 Å². The maximum atomic E-state index is 12.8. The average molecular weight is 909 g/mol. The van der Waals surface area contributed by atoms with E-state index in [-0.39, 0.29) is 31.1 Å². The summed E-state index contributed by atoms with van der Waals surface area (Å²) in [6.07, 6.45) is 66.4. The van der Waals surface area contributed by atoms with E-state index < -0.39 is 6.10 Å². The van der Waals surface area contributed by atoms with Crippen LogP contribution in [0.15, 0.2) is 60.8 Å². The molecule has 0 aromatic rings. The molecule has 376 valence electrons. The Balaban J connectivity index is 4.29. The lowest BCUT2D eigenvalue weighted by Crippen LogP contribution is -2.30. The second-order valence-electron chi connectivity index (χ2n) is 18.5. The molecule has 0 aliphatic carbocycles. The lowest BCUT2D eigenvalue weighted by molar-refractivity contribution is -0.167.